The van der Waals surface area contributed by atoms with Crippen LogP contribution < -0.4 is 15.8 Å². The van der Waals surface area contributed by atoms with Gasteiger partial charge in [-0.3, -0.25) is 10.2 Å². The van der Waals surface area contributed by atoms with E-state index in [1.54, 1.807) is 35.2 Å². The monoisotopic (exact) mass is 546 g/mol. The van der Waals surface area contributed by atoms with Gasteiger partial charge in [0.05, 0.1) is 15.8 Å². The third-order valence-electron chi connectivity index (χ3n) is 5.90. The summed E-state index contributed by atoms with van der Waals surface area (Å²) in [6.07, 6.45) is 4.84. The Morgan fingerprint density at radius 1 is 1.17 bits per heavy atom. The van der Waals surface area contributed by atoms with Gasteiger partial charge in [0.2, 0.25) is 0 Å². The van der Waals surface area contributed by atoms with Gasteiger partial charge < -0.3 is 20.7 Å². The summed E-state index contributed by atoms with van der Waals surface area (Å²) in [6, 6.07) is 14.8. The average molecular weight is 547 g/mol. The Morgan fingerprint density at radius 3 is 2.47 bits per heavy atom. The van der Waals surface area contributed by atoms with Crippen LogP contribution in [0, 0.1) is 5.41 Å². The summed E-state index contributed by atoms with van der Waals surface area (Å²) in [5.74, 6) is 1.90. The van der Waals surface area contributed by atoms with Gasteiger partial charge in [-0.05, 0) is 70.7 Å². The lowest BCUT2D eigenvalue weighted by Crippen LogP contribution is -2.45. The fourth-order valence-electron chi connectivity index (χ4n) is 4.04. The third kappa shape index (κ3) is 5.80. The maximum absolute atomic E-state index is 12.3. The van der Waals surface area contributed by atoms with Gasteiger partial charge in [0.1, 0.15) is 29.5 Å². The van der Waals surface area contributed by atoms with E-state index in [-0.39, 0.29) is 23.5 Å². The summed E-state index contributed by atoms with van der Waals surface area (Å²) in [6.45, 7) is 8.61. The average Bonchev–Trinajstić information content (AvgIpc) is 2.89. The first kappa shape index (κ1) is 25.1. The fraction of sp³-hybridized carbons (Fsp3) is 0.185. The molecule has 1 saturated heterocycles. The van der Waals surface area contributed by atoms with E-state index in [9.17, 15) is 4.79 Å². The second kappa shape index (κ2) is 11.2. The zero-order valence-corrected chi connectivity index (χ0v) is 21.3. The topological polar surface area (TPSA) is 117 Å². The SMILES string of the molecule is C=Cc1ccc(Oc2ccc(C(=N)c3c(N)ncnc3N[C@@H]3CCCN(C(=O)C(=C)Br)C3)cc2)cc1. The van der Waals surface area contributed by atoms with E-state index in [0.717, 1.165) is 18.4 Å². The molecule has 4 rings (SSSR count). The molecular formula is C27H27BrN6O2. The van der Waals surface area contributed by atoms with E-state index in [4.69, 9.17) is 15.9 Å². The molecule has 0 saturated carbocycles. The molecule has 0 spiro atoms. The lowest BCUT2D eigenvalue weighted by Gasteiger charge is -2.33. The second-order valence-corrected chi connectivity index (χ2v) is 9.35. The van der Waals surface area contributed by atoms with Crippen molar-refractivity contribution in [3.8, 4) is 11.5 Å². The minimum atomic E-state index is -0.129. The van der Waals surface area contributed by atoms with Crippen molar-refractivity contribution in [1.29, 1.82) is 5.41 Å². The number of hydrogen-bond acceptors (Lipinski definition) is 7. The van der Waals surface area contributed by atoms with Gasteiger partial charge in [0.15, 0.2) is 0 Å². The van der Waals surface area contributed by atoms with Crippen molar-refractivity contribution in [3.05, 3.63) is 89.2 Å². The Hall–Kier alpha value is -3.98. The molecule has 0 bridgehead atoms. The van der Waals surface area contributed by atoms with Gasteiger partial charge in [-0.1, -0.05) is 31.4 Å². The number of nitrogens with zero attached hydrogens (tertiary/aromatic N) is 3. The Kier molecular flexibility index (Phi) is 7.80. The highest BCUT2D eigenvalue weighted by molar-refractivity contribution is 9.12. The van der Waals surface area contributed by atoms with Crippen LogP contribution in [0.25, 0.3) is 6.08 Å². The fourth-order valence-corrected chi connectivity index (χ4v) is 4.29. The summed E-state index contributed by atoms with van der Waals surface area (Å²) in [4.78, 5) is 22.6. The summed E-state index contributed by atoms with van der Waals surface area (Å²) in [7, 11) is 0. The van der Waals surface area contributed by atoms with Gasteiger partial charge in [0, 0.05) is 24.7 Å². The van der Waals surface area contributed by atoms with Gasteiger partial charge in [-0.2, -0.15) is 0 Å². The number of benzene rings is 2. The van der Waals surface area contributed by atoms with Crippen molar-refractivity contribution >= 4 is 45.3 Å². The molecule has 0 unspecified atom stereocenters. The number of carbonyl (C=O) groups is 1. The van der Waals surface area contributed by atoms with Gasteiger partial charge in [-0.15, -0.1) is 0 Å². The zero-order valence-electron chi connectivity index (χ0n) is 19.7. The predicted molar refractivity (Wildman–Crippen MR) is 147 cm³/mol. The lowest BCUT2D eigenvalue weighted by atomic mass is 10.0. The number of hydrogen-bond donors (Lipinski definition) is 3. The zero-order chi connectivity index (χ0) is 25.7. The number of amides is 1. The molecule has 36 heavy (non-hydrogen) atoms. The highest BCUT2D eigenvalue weighted by Gasteiger charge is 2.26. The van der Waals surface area contributed by atoms with Crippen molar-refractivity contribution in [2.75, 3.05) is 24.1 Å². The molecular weight excluding hydrogens is 520 g/mol. The van der Waals surface area contributed by atoms with Crippen LogP contribution in [0.2, 0.25) is 0 Å². The predicted octanol–water partition coefficient (Wildman–Crippen LogP) is 5.22. The van der Waals surface area contributed by atoms with E-state index in [0.29, 0.717) is 46.0 Å². The first-order valence-electron chi connectivity index (χ1n) is 11.5. The van der Waals surface area contributed by atoms with Crippen LogP contribution in [0.1, 0.15) is 29.5 Å². The van der Waals surface area contributed by atoms with Crippen LogP contribution in [0.5, 0.6) is 11.5 Å². The number of piperidine rings is 1. The number of anilines is 2. The van der Waals surface area contributed by atoms with Crippen molar-refractivity contribution in [2.45, 2.75) is 18.9 Å². The quantitative estimate of drug-likeness (QED) is 0.263. The molecule has 3 aromatic rings. The van der Waals surface area contributed by atoms with E-state index < -0.39 is 0 Å². The number of carbonyl (C=O) groups excluding carboxylic acids is 1. The third-order valence-corrected chi connectivity index (χ3v) is 6.24. The minimum Gasteiger partial charge on any atom is -0.457 e. The number of likely N-dealkylation sites (tertiary alicyclic amines) is 1. The molecule has 8 nitrogen and oxygen atoms in total. The van der Waals surface area contributed by atoms with E-state index in [1.807, 2.05) is 24.3 Å². The van der Waals surface area contributed by atoms with Gasteiger partial charge in [-0.25, -0.2) is 9.97 Å². The lowest BCUT2D eigenvalue weighted by molar-refractivity contribution is -0.127. The van der Waals surface area contributed by atoms with Crippen LogP contribution in [0.3, 0.4) is 0 Å². The molecule has 1 amide bonds. The molecule has 1 atom stereocenters. The number of halogens is 1. The highest BCUT2D eigenvalue weighted by atomic mass is 79.9. The molecule has 184 valence electrons. The smallest absolute Gasteiger partial charge is 0.260 e. The Bertz CT molecular complexity index is 1290. The second-order valence-electron chi connectivity index (χ2n) is 8.40. The summed E-state index contributed by atoms with van der Waals surface area (Å²) in [5.41, 5.74) is 8.45. The highest BCUT2D eigenvalue weighted by Crippen LogP contribution is 2.27. The number of nitrogen functional groups attached to an aromatic ring is 1. The maximum Gasteiger partial charge on any atom is 0.260 e. The molecule has 0 radical (unpaired) electrons. The molecule has 2 heterocycles. The van der Waals surface area contributed by atoms with E-state index in [2.05, 4.69) is 44.4 Å². The van der Waals surface area contributed by atoms with Crippen LogP contribution in [0.4, 0.5) is 11.6 Å². The Balaban J connectivity index is 1.50. The van der Waals surface area contributed by atoms with Crippen molar-refractivity contribution in [3.63, 3.8) is 0 Å². The van der Waals surface area contributed by atoms with Crippen LogP contribution in [-0.2, 0) is 4.79 Å². The Labute approximate surface area is 218 Å². The van der Waals surface area contributed by atoms with E-state index in [1.165, 1.54) is 6.33 Å². The molecule has 1 aromatic heterocycles. The van der Waals surface area contributed by atoms with Gasteiger partial charge in [0.25, 0.3) is 5.91 Å². The van der Waals surface area contributed by atoms with Crippen molar-refractivity contribution in [1.82, 2.24) is 14.9 Å². The minimum absolute atomic E-state index is 0.0429. The molecule has 1 aliphatic heterocycles. The summed E-state index contributed by atoms with van der Waals surface area (Å²) < 4.78 is 6.24. The number of nitrogens with one attached hydrogen (secondary N) is 2. The first-order valence-corrected chi connectivity index (χ1v) is 12.3. The number of ether oxygens (including phenoxy) is 1. The van der Waals surface area contributed by atoms with Gasteiger partial charge >= 0.3 is 0 Å². The number of aromatic nitrogens is 2. The van der Waals surface area contributed by atoms with Crippen molar-refractivity contribution < 1.29 is 9.53 Å². The number of nitrogens with two attached hydrogens (primary N) is 1. The normalized spacial score (nSPS) is 15.1. The number of rotatable bonds is 8. The molecule has 4 N–H and O–H groups in total. The summed E-state index contributed by atoms with van der Waals surface area (Å²) in [5, 5.41) is 12.2. The van der Waals surface area contributed by atoms with E-state index >= 15 is 0 Å². The largest absolute Gasteiger partial charge is 0.457 e. The molecule has 0 aliphatic carbocycles. The van der Waals surface area contributed by atoms with Crippen molar-refractivity contribution in [2.24, 2.45) is 0 Å². The Morgan fingerprint density at radius 2 is 1.83 bits per heavy atom. The standard InChI is InChI=1S/C27H27BrN6O2/c1-3-18-6-10-21(11-7-18)36-22-12-8-19(9-13-22)24(29)23-25(30)31-16-32-26(23)33-20-5-4-14-34(15-20)27(35)17(2)28/h3,6-13,16,20,29H,1-2,4-5,14-15H2,(H3,30,31,32,33)/t20-/m1/s1. The molecule has 1 aliphatic rings. The first-order chi connectivity index (χ1) is 17.4. The van der Waals surface area contributed by atoms with Crippen LogP contribution >= 0.6 is 15.9 Å². The maximum atomic E-state index is 12.3. The summed E-state index contributed by atoms with van der Waals surface area (Å²) >= 11 is 3.17. The van der Waals surface area contributed by atoms with Crippen LogP contribution in [-0.4, -0.2) is 45.6 Å². The molecule has 9 heteroatoms. The van der Waals surface area contributed by atoms with Crippen LogP contribution in [0.15, 0.2) is 72.5 Å². The molecule has 1 fully saturated rings. The molecule has 2 aromatic carbocycles.